The Morgan fingerprint density at radius 3 is 2.48 bits per heavy atom. The number of hydrogen-bond acceptors (Lipinski definition) is 4. The predicted molar refractivity (Wildman–Crippen MR) is 114 cm³/mol. The van der Waals surface area contributed by atoms with Crippen molar-refractivity contribution < 1.29 is 19.0 Å². The van der Waals surface area contributed by atoms with Crippen molar-refractivity contribution in [2.24, 2.45) is 0 Å². The molecule has 150 valence electrons. The maximum Gasteiger partial charge on any atom is 0.255 e. The van der Waals surface area contributed by atoms with E-state index in [1.54, 1.807) is 43.5 Å². The molecule has 0 atom stereocenters. The van der Waals surface area contributed by atoms with Gasteiger partial charge in [0.15, 0.2) is 5.75 Å². The molecule has 0 bridgehead atoms. The second-order valence-electron chi connectivity index (χ2n) is 6.17. The SMILES string of the molecule is CCOCc1cc(C(=O)Nc2cc(Cl)ccc2Oc2ccccc2)ccc1OC. The van der Waals surface area contributed by atoms with Crippen molar-refractivity contribution in [1.82, 2.24) is 0 Å². The van der Waals surface area contributed by atoms with Gasteiger partial charge >= 0.3 is 0 Å². The summed E-state index contributed by atoms with van der Waals surface area (Å²) in [6.45, 7) is 2.85. The summed E-state index contributed by atoms with van der Waals surface area (Å²) < 4.78 is 16.7. The van der Waals surface area contributed by atoms with Crippen molar-refractivity contribution in [2.75, 3.05) is 19.0 Å². The van der Waals surface area contributed by atoms with Crippen molar-refractivity contribution in [2.45, 2.75) is 13.5 Å². The fraction of sp³-hybridized carbons (Fsp3) is 0.174. The molecule has 0 fully saturated rings. The van der Waals surface area contributed by atoms with Gasteiger partial charge < -0.3 is 19.5 Å². The zero-order chi connectivity index (χ0) is 20.6. The number of methoxy groups -OCH3 is 1. The number of rotatable bonds is 8. The van der Waals surface area contributed by atoms with Gasteiger partial charge in [-0.3, -0.25) is 4.79 Å². The van der Waals surface area contributed by atoms with E-state index in [1.165, 1.54) is 0 Å². The van der Waals surface area contributed by atoms with E-state index in [0.717, 1.165) is 5.56 Å². The summed E-state index contributed by atoms with van der Waals surface area (Å²) in [5, 5.41) is 3.37. The highest BCUT2D eigenvalue weighted by molar-refractivity contribution is 6.31. The molecule has 0 unspecified atom stereocenters. The van der Waals surface area contributed by atoms with Crippen molar-refractivity contribution >= 4 is 23.2 Å². The van der Waals surface area contributed by atoms with Gasteiger partial charge in [-0.05, 0) is 55.5 Å². The summed E-state index contributed by atoms with van der Waals surface area (Å²) in [5.74, 6) is 1.54. The maximum atomic E-state index is 12.9. The van der Waals surface area contributed by atoms with Crippen LogP contribution in [0.3, 0.4) is 0 Å². The van der Waals surface area contributed by atoms with Crippen LogP contribution in [0.2, 0.25) is 5.02 Å². The van der Waals surface area contributed by atoms with Gasteiger partial charge in [0.25, 0.3) is 5.91 Å². The number of halogens is 1. The Morgan fingerprint density at radius 1 is 1.00 bits per heavy atom. The van der Waals surface area contributed by atoms with E-state index in [9.17, 15) is 4.79 Å². The number of benzene rings is 3. The van der Waals surface area contributed by atoms with Crippen LogP contribution in [0.25, 0.3) is 0 Å². The number of hydrogen-bond donors (Lipinski definition) is 1. The lowest BCUT2D eigenvalue weighted by Crippen LogP contribution is -2.13. The number of para-hydroxylation sites is 1. The third-order valence-corrected chi connectivity index (χ3v) is 4.40. The zero-order valence-corrected chi connectivity index (χ0v) is 17.0. The smallest absolute Gasteiger partial charge is 0.255 e. The summed E-state index contributed by atoms with van der Waals surface area (Å²) in [4.78, 5) is 12.9. The van der Waals surface area contributed by atoms with Gasteiger partial charge in [0.1, 0.15) is 11.5 Å². The molecule has 1 N–H and O–H groups in total. The van der Waals surface area contributed by atoms with Crippen LogP contribution in [0.15, 0.2) is 66.7 Å². The number of nitrogens with one attached hydrogen (secondary N) is 1. The normalized spacial score (nSPS) is 10.4. The summed E-state index contributed by atoms with van der Waals surface area (Å²) in [6.07, 6.45) is 0. The fourth-order valence-electron chi connectivity index (χ4n) is 2.74. The van der Waals surface area contributed by atoms with Crippen LogP contribution in [0.4, 0.5) is 5.69 Å². The first-order valence-electron chi connectivity index (χ1n) is 9.19. The quantitative estimate of drug-likeness (QED) is 0.499. The van der Waals surface area contributed by atoms with E-state index in [1.807, 2.05) is 37.3 Å². The first-order valence-corrected chi connectivity index (χ1v) is 9.57. The monoisotopic (exact) mass is 411 g/mol. The lowest BCUT2D eigenvalue weighted by molar-refractivity contribution is 0.102. The molecule has 5 nitrogen and oxygen atoms in total. The minimum absolute atomic E-state index is 0.287. The highest BCUT2D eigenvalue weighted by atomic mass is 35.5. The lowest BCUT2D eigenvalue weighted by Gasteiger charge is -2.14. The number of amides is 1. The van der Waals surface area contributed by atoms with Gasteiger partial charge in [-0.25, -0.2) is 0 Å². The molecule has 0 aliphatic heterocycles. The van der Waals surface area contributed by atoms with Crippen LogP contribution in [0, 0.1) is 0 Å². The fourth-order valence-corrected chi connectivity index (χ4v) is 2.92. The number of carbonyl (C=O) groups is 1. The molecule has 3 aromatic rings. The Labute approximate surface area is 175 Å². The highest BCUT2D eigenvalue weighted by Crippen LogP contribution is 2.32. The number of carbonyl (C=O) groups excluding carboxylic acids is 1. The second-order valence-corrected chi connectivity index (χ2v) is 6.61. The highest BCUT2D eigenvalue weighted by Gasteiger charge is 2.14. The van der Waals surface area contributed by atoms with E-state index in [0.29, 0.717) is 46.7 Å². The third-order valence-electron chi connectivity index (χ3n) is 4.17. The summed E-state index contributed by atoms with van der Waals surface area (Å²) in [5.41, 5.74) is 1.76. The molecular formula is C23H22ClNO4. The molecule has 0 saturated heterocycles. The van der Waals surface area contributed by atoms with Crippen LogP contribution in [0.5, 0.6) is 17.2 Å². The van der Waals surface area contributed by atoms with E-state index in [-0.39, 0.29) is 5.91 Å². The number of anilines is 1. The van der Waals surface area contributed by atoms with Crippen molar-refractivity contribution in [3.05, 3.63) is 82.9 Å². The van der Waals surface area contributed by atoms with Gasteiger partial charge in [-0.15, -0.1) is 0 Å². The molecule has 0 radical (unpaired) electrons. The van der Waals surface area contributed by atoms with Crippen LogP contribution < -0.4 is 14.8 Å². The van der Waals surface area contributed by atoms with E-state index in [4.69, 9.17) is 25.8 Å². The molecule has 0 heterocycles. The Hall–Kier alpha value is -3.02. The average molecular weight is 412 g/mol. The van der Waals surface area contributed by atoms with Gasteiger partial charge in [0.05, 0.1) is 19.4 Å². The summed E-state index contributed by atoms with van der Waals surface area (Å²) >= 11 is 6.13. The zero-order valence-electron chi connectivity index (χ0n) is 16.3. The molecule has 0 aliphatic rings. The molecule has 29 heavy (non-hydrogen) atoms. The van der Waals surface area contributed by atoms with E-state index >= 15 is 0 Å². The molecule has 1 amide bonds. The topological polar surface area (TPSA) is 56.8 Å². The third kappa shape index (κ3) is 5.50. The number of ether oxygens (including phenoxy) is 3. The maximum absolute atomic E-state index is 12.9. The Bertz CT molecular complexity index is 976. The first-order chi connectivity index (χ1) is 14.1. The van der Waals surface area contributed by atoms with E-state index < -0.39 is 0 Å². The molecule has 3 rings (SSSR count). The van der Waals surface area contributed by atoms with Crippen LogP contribution in [-0.2, 0) is 11.3 Å². The molecule has 0 aromatic heterocycles. The first kappa shape index (κ1) is 20.7. The van der Waals surface area contributed by atoms with Crippen molar-refractivity contribution in [1.29, 1.82) is 0 Å². The van der Waals surface area contributed by atoms with E-state index in [2.05, 4.69) is 5.32 Å². The van der Waals surface area contributed by atoms with Gasteiger partial charge in [-0.1, -0.05) is 29.8 Å². The Kier molecular flexibility index (Phi) is 7.11. The largest absolute Gasteiger partial charge is 0.496 e. The molecule has 0 spiro atoms. The van der Waals surface area contributed by atoms with Crippen LogP contribution >= 0.6 is 11.6 Å². The predicted octanol–water partition coefficient (Wildman–Crippen LogP) is 5.93. The molecule has 0 aliphatic carbocycles. The Morgan fingerprint density at radius 2 is 1.76 bits per heavy atom. The molecule has 0 saturated carbocycles. The van der Waals surface area contributed by atoms with Crippen LogP contribution in [-0.4, -0.2) is 19.6 Å². The molecule has 6 heteroatoms. The standard InChI is InChI=1S/C23H22ClNO4/c1-3-28-15-17-13-16(9-11-21(17)27-2)23(26)25-20-14-18(24)10-12-22(20)29-19-7-5-4-6-8-19/h4-14H,3,15H2,1-2H3,(H,25,26). The van der Waals surface area contributed by atoms with Gasteiger partial charge in [-0.2, -0.15) is 0 Å². The lowest BCUT2D eigenvalue weighted by atomic mass is 10.1. The van der Waals surface area contributed by atoms with Crippen molar-refractivity contribution in [3.63, 3.8) is 0 Å². The Balaban J connectivity index is 1.84. The van der Waals surface area contributed by atoms with Crippen molar-refractivity contribution in [3.8, 4) is 17.2 Å². The molecule has 3 aromatic carbocycles. The summed E-state index contributed by atoms with van der Waals surface area (Å²) in [7, 11) is 1.59. The van der Waals surface area contributed by atoms with Gasteiger partial charge in [0.2, 0.25) is 0 Å². The molecular weight excluding hydrogens is 390 g/mol. The minimum atomic E-state index is -0.287. The van der Waals surface area contributed by atoms with Crippen LogP contribution in [0.1, 0.15) is 22.8 Å². The second kappa shape index (κ2) is 9.96. The average Bonchev–Trinajstić information content (AvgIpc) is 2.74. The van der Waals surface area contributed by atoms with Gasteiger partial charge in [0, 0.05) is 22.8 Å². The minimum Gasteiger partial charge on any atom is -0.496 e. The summed E-state index contributed by atoms with van der Waals surface area (Å²) in [6, 6.07) is 19.6.